The van der Waals surface area contributed by atoms with Gasteiger partial charge in [0.05, 0.1) is 13.5 Å². The second-order valence-corrected chi connectivity index (χ2v) is 7.96. The minimum atomic E-state index is -0.666. The first-order chi connectivity index (χ1) is 14.8. The summed E-state index contributed by atoms with van der Waals surface area (Å²) in [6.45, 7) is 3.87. The van der Waals surface area contributed by atoms with Crippen LogP contribution in [0.2, 0.25) is 0 Å². The Kier molecular flexibility index (Phi) is 9.34. The van der Waals surface area contributed by atoms with Gasteiger partial charge in [0.25, 0.3) is 0 Å². The van der Waals surface area contributed by atoms with Gasteiger partial charge >= 0.3 is 0 Å². The predicted octanol–water partition coefficient (Wildman–Crippen LogP) is 2.05. The van der Waals surface area contributed by atoms with E-state index in [2.05, 4.69) is 10.6 Å². The van der Waals surface area contributed by atoms with Crippen LogP contribution in [0.1, 0.15) is 25.0 Å². The molecule has 2 amide bonds. The fourth-order valence-electron chi connectivity index (χ4n) is 3.29. The molecule has 0 fully saturated rings. The number of aromatic hydroxyl groups is 1. The number of rotatable bonds is 11. The fourth-order valence-corrected chi connectivity index (χ4v) is 3.29. The van der Waals surface area contributed by atoms with Gasteiger partial charge in [0.1, 0.15) is 6.04 Å². The van der Waals surface area contributed by atoms with E-state index in [9.17, 15) is 19.8 Å². The van der Waals surface area contributed by atoms with Crippen molar-refractivity contribution in [1.82, 2.24) is 10.6 Å². The lowest BCUT2D eigenvalue weighted by molar-refractivity contribution is -0.129. The van der Waals surface area contributed by atoms with E-state index >= 15 is 0 Å². The first kappa shape index (κ1) is 24.2. The van der Waals surface area contributed by atoms with Crippen molar-refractivity contribution in [1.29, 1.82) is 0 Å². The zero-order valence-electron chi connectivity index (χ0n) is 18.3. The Morgan fingerprint density at radius 2 is 1.77 bits per heavy atom. The molecule has 0 aromatic heterocycles. The van der Waals surface area contributed by atoms with Crippen LogP contribution < -0.4 is 15.4 Å². The van der Waals surface area contributed by atoms with Gasteiger partial charge in [-0.1, -0.05) is 50.2 Å². The molecule has 4 N–H and O–H groups in total. The van der Waals surface area contributed by atoms with Gasteiger partial charge in [-0.05, 0) is 35.6 Å². The van der Waals surface area contributed by atoms with Gasteiger partial charge in [-0.3, -0.25) is 9.59 Å². The number of nitrogens with one attached hydrogen (secondary N) is 2. The largest absolute Gasteiger partial charge is 0.504 e. The van der Waals surface area contributed by atoms with Gasteiger partial charge in [0, 0.05) is 19.1 Å². The Bertz CT molecular complexity index is 854. The van der Waals surface area contributed by atoms with Crippen molar-refractivity contribution in [3.05, 3.63) is 59.7 Å². The van der Waals surface area contributed by atoms with Gasteiger partial charge in [-0.25, -0.2) is 0 Å². The maximum absolute atomic E-state index is 12.7. The van der Waals surface area contributed by atoms with Crippen LogP contribution in [-0.2, 0) is 22.4 Å². The average Bonchev–Trinajstić information content (AvgIpc) is 2.75. The lowest BCUT2D eigenvalue weighted by Gasteiger charge is -2.23. The number of ether oxygens (including phenoxy) is 1. The average molecular weight is 429 g/mol. The molecule has 0 saturated carbocycles. The summed E-state index contributed by atoms with van der Waals surface area (Å²) >= 11 is 0. The molecular weight excluding hydrogens is 396 g/mol. The summed E-state index contributed by atoms with van der Waals surface area (Å²) in [7, 11) is 1.48. The maximum atomic E-state index is 12.7. The summed E-state index contributed by atoms with van der Waals surface area (Å²) in [4.78, 5) is 25.1. The number of hydrogen-bond donors (Lipinski definition) is 4. The Labute approximate surface area is 183 Å². The molecule has 0 aliphatic heterocycles. The van der Waals surface area contributed by atoms with Crippen LogP contribution in [0.4, 0.5) is 0 Å². The van der Waals surface area contributed by atoms with E-state index in [-0.39, 0.29) is 49.0 Å². The van der Waals surface area contributed by atoms with Crippen molar-refractivity contribution in [2.24, 2.45) is 11.8 Å². The molecule has 0 spiro atoms. The van der Waals surface area contributed by atoms with Crippen molar-refractivity contribution >= 4 is 11.8 Å². The fraction of sp³-hybridized carbons (Fsp3) is 0.417. The van der Waals surface area contributed by atoms with Crippen LogP contribution >= 0.6 is 0 Å². The quantitative estimate of drug-likeness (QED) is 0.438. The Hall–Kier alpha value is -3.06. The summed E-state index contributed by atoms with van der Waals surface area (Å²) in [5, 5.41) is 25.3. The van der Waals surface area contributed by atoms with Crippen LogP contribution in [0.15, 0.2) is 48.5 Å². The van der Waals surface area contributed by atoms with E-state index in [1.807, 2.05) is 50.2 Å². The Morgan fingerprint density at radius 3 is 2.35 bits per heavy atom. The summed E-state index contributed by atoms with van der Waals surface area (Å²) in [6.07, 6.45) is 0.679. The highest BCUT2D eigenvalue weighted by molar-refractivity contribution is 5.88. The number of benzene rings is 2. The highest BCUT2D eigenvalue weighted by Gasteiger charge is 2.24. The molecule has 0 aliphatic carbocycles. The topological polar surface area (TPSA) is 108 Å². The molecule has 0 radical (unpaired) electrons. The normalized spacial score (nSPS) is 12.8. The number of carbonyl (C=O) groups excluding carboxylic acids is 2. The number of phenolic OH excluding ortho intramolecular Hbond substituents is 1. The van der Waals surface area contributed by atoms with Gasteiger partial charge in [0.15, 0.2) is 11.5 Å². The lowest BCUT2D eigenvalue weighted by atomic mass is 9.98. The van der Waals surface area contributed by atoms with Crippen LogP contribution in [0.25, 0.3) is 0 Å². The van der Waals surface area contributed by atoms with Crippen molar-refractivity contribution in [2.75, 3.05) is 20.3 Å². The molecule has 0 unspecified atom stereocenters. The standard InChI is InChI=1S/C24H32N2O5/c1-16(2)23(26-22(29)13-17-7-5-4-6-8-17)24(30)25-14-19(15-27)11-18-9-10-21(31-3)20(28)12-18/h4-10,12,16,19,23,27-28H,11,13-15H2,1-3H3,(H,25,30)(H,26,29)/t19-,23+/m1/s1. The van der Waals surface area contributed by atoms with Gasteiger partial charge < -0.3 is 25.6 Å². The minimum Gasteiger partial charge on any atom is -0.504 e. The van der Waals surface area contributed by atoms with Gasteiger partial charge in [-0.2, -0.15) is 0 Å². The number of methoxy groups -OCH3 is 1. The summed E-state index contributed by atoms with van der Waals surface area (Å²) in [5.41, 5.74) is 1.70. The molecule has 7 nitrogen and oxygen atoms in total. The van der Waals surface area contributed by atoms with Crippen LogP contribution in [0.5, 0.6) is 11.5 Å². The van der Waals surface area contributed by atoms with Crippen LogP contribution in [-0.4, -0.2) is 48.3 Å². The minimum absolute atomic E-state index is 0.0294. The van der Waals surface area contributed by atoms with E-state index in [1.165, 1.54) is 7.11 Å². The smallest absolute Gasteiger partial charge is 0.242 e. The summed E-state index contributed by atoms with van der Waals surface area (Å²) < 4.78 is 5.04. The molecule has 2 rings (SSSR count). The number of aliphatic hydroxyl groups is 1. The van der Waals surface area contributed by atoms with Crippen molar-refractivity contribution in [3.63, 3.8) is 0 Å². The second-order valence-electron chi connectivity index (χ2n) is 7.96. The third-order valence-electron chi connectivity index (χ3n) is 5.06. The summed E-state index contributed by atoms with van der Waals surface area (Å²) in [6, 6.07) is 13.7. The molecule has 2 aromatic carbocycles. The predicted molar refractivity (Wildman–Crippen MR) is 119 cm³/mol. The number of amides is 2. The third-order valence-corrected chi connectivity index (χ3v) is 5.06. The monoisotopic (exact) mass is 428 g/mol. The molecule has 168 valence electrons. The van der Waals surface area contributed by atoms with Gasteiger partial charge in [-0.15, -0.1) is 0 Å². The second kappa shape index (κ2) is 12.0. The summed E-state index contributed by atoms with van der Waals surface area (Å²) in [5.74, 6) is -0.416. The Morgan fingerprint density at radius 1 is 1.06 bits per heavy atom. The van der Waals surface area contributed by atoms with Crippen LogP contribution in [0, 0.1) is 11.8 Å². The van der Waals surface area contributed by atoms with E-state index in [0.717, 1.165) is 11.1 Å². The zero-order chi connectivity index (χ0) is 22.8. The van der Waals surface area contributed by atoms with Crippen LogP contribution in [0.3, 0.4) is 0 Å². The lowest BCUT2D eigenvalue weighted by Crippen LogP contribution is -2.51. The molecule has 2 aromatic rings. The van der Waals surface area contributed by atoms with Crippen molar-refractivity contribution in [2.45, 2.75) is 32.7 Å². The van der Waals surface area contributed by atoms with E-state index in [0.29, 0.717) is 12.2 Å². The van der Waals surface area contributed by atoms with Crippen molar-refractivity contribution < 1.29 is 24.5 Å². The highest BCUT2D eigenvalue weighted by atomic mass is 16.5. The number of phenols is 1. The molecule has 0 aliphatic rings. The molecular formula is C24H32N2O5. The number of aliphatic hydroxyl groups excluding tert-OH is 1. The molecule has 2 atom stereocenters. The third kappa shape index (κ3) is 7.61. The first-order valence-electron chi connectivity index (χ1n) is 10.4. The molecule has 31 heavy (non-hydrogen) atoms. The maximum Gasteiger partial charge on any atom is 0.242 e. The number of hydrogen-bond acceptors (Lipinski definition) is 5. The van der Waals surface area contributed by atoms with E-state index in [4.69, 9.17) is 4.74 Å². The molecule has 0 saturated heterocycles. The molecule has 0 heterocycles. The Balaban J connectivity index is 1.91. The molecule has 7 heteroatoms. The SMILES string of the molecule is COc1ccc(C[C@@H](CO)CNC(=O)[C@@H](NC(=O)Cc2ccccc2)C(C)C)cc1O. The first-order valence-corrected chi connectivity index (χ1v) is 10.4. The molecule has 0 bridgehead atoms. The van der Waals surface area contributed by atoms with E-state index < -0.39 is 6.04 Å². The van der Waals surface area contributed by atoms with Gasteiger partial charge in [0.2, 0.25) is 11.8 Å². The zero-order valence-corrected chi connectivity index (χ0v) is 18.3. The van der Waals surface area contributed by atoms with Crippen molar-refractivity contribution in [3.8, 4) is 11.5 Å². The van der Waals surface area contributed by atoms with E-state index in [1.54, 1.807) is 12.1 Å². The number of carbonyl (C=O) groups is 2. The highest BCUT2D eigenvalue weighted by Crippen LogP contribution is 2.27.